The molecule has 0 aliphatic heterocycles. The summed E-state index contributed by atoms with van der Waals surface area (Å²) in [6.07, 6.45) is 2.33. The van der Waals surface area contributed by atoms with E-state index in [1.807, 2.05) is 6.07 Å². The fourth-order valence-electron chi connectivity index (χ4n) is 4.00. The van der Waals surface area contributed by atoms with Crippen LogP contribution in [0.2, 0.25) is 0 Å². The van der Waals surface area contributed by atoms with Crippen LogP contribution in [0.15, 0.2) is 72.8 Å². The van der Waals surface area contributed by atoms with Gasteiger partial charge in [0.25, 0.3) is 0 Å². The summed E-state index contributed by atoms with van der Waals surface area (Å²) >= 11 is 0. The Balaban J connectivity index is 0.000000196. The van der Waals surface area contributed by atoms with Crippen molar-refractivity contribution >= 4 is 21.5 Å². The molecule has 2 nitrogen and oxygen atoms in total. The number of phenolic OH excluding ortho intramolecular Hbond substituents is 1. The van der Waals surface area contributed by atoms with Crippen LogP contribution in [0.5, 0.6) is 11.5 Å². The lowest BCUT2D eigenvalue weighted by molar-refractivity contribution is 0.131. The summed E-state index contributed by atoms with van der Waals surface area (Å²) in [4.78, 5) is 0. The Labute approximate surface area is 205 Å². The number of rotatable bonds is 5. The topological polar surface area (TPSA) is 29.5 Å². The zero-order valence-electron chi connectivity index (χ0n) is 21.9. The Hall–Kier alpha value is -3.00. The van der Waals surface area contributed by atoms with Crippen LogP contribution in [0.4, 0.5) is 0 Å². The van der Waals surface area contributed by atoms with Gasteiger partial charge in [0.2, 0.25) is 0 Å². The van der Waals surface area contributed by atoms with Crippen molar-refractivity contribution in [2.75, 3.05) is 0 Å². The largest absolute Gasteiger partial charge is 0.508 e. The number of hydrogen-bond acceptors (Lipinski definition) is 2. The van der Waals surface area contributed by atoms with E-state index >= 15 is 0 Å². The maximum atomic E-state index is 9.35. The average molecular weight is 457 g/mol. The predicted molar refractivity (Wildman–Crippen MR) is 147 cm³/mol. The molecule has 4 aromatic rings. The van der Waals surface area contributed by atoms with Crippen LogP contribution in [-0.2, 0) is 0 Å². The van der Waals surface area contributed by atoms with Gasteiger partial charge in [-0.3, -0.25) is 0 Å². The lowest BCUT2D eigenvalue weighted by Crippen LogP contribution is -2.22. The first-order chi connectivity index (χ1) is 16.1. The molecular formula is C32H40O2. The molecule has 4 rings (SSSR count). The highest BCUT2D eigenvalue weighted by Gasteiger charge is 2.12. The Morgan fingerprint density at radius 3 is 1.59 bits per heavy atom. The van der Waals surface area contributed by atoms with Crippen LogP contribution in [0.1, 0.15) is 84.3 Å². The minimum Gasteiger partial charge on any atom is -0.508 e. The highest BCUT2D eigenvalue weighted by molar-refractivity contribution is 5.85. The normalized spacial score (nSPS) is 13.3. The zero-order chi connectivity index (χ0) is 24.9. The summed E-state index contributed by atoms with van der Waals surface area (Å²) < 4.78 is 5.91. The smallest absolute Gasteiger partial charge is 0.120 e. The van der Waals surface area contributed by atoms with Gasteiger partial charge in [0.1, 0.15) is 17.1 Å². The summed E-state index contributed by atoms with van der Waals surface area (Å²) in [7, 11) is 0. The molecule has 0 spiro atoms. The quantitative estimate of drug-likeness (QED) is 0.324. The van der Waals surface area contributed by atoms with Gasteiger partial charge in [-0.2, -0.15) is 0 Å². The van der Waals surface area contributed by atoms with Crippen molar-refractivity contribution in [3.05, 3.63) is 83.9 Å². The van der Waals surface area contributed by atoms with Crippen LogP contribution in [0.3, 0.4) is 0 Å². The first-order valence-electron chi connectivity index (χ1n) is 12.5. The SMILES string of the molecule is CCC(C)c1ccc2cc(O)ccc2c1.CCC(C)c1ccc2cc(OC(C)(C)C)ccc2c1. The van der Waals surface area contributed by atoms with Crippen molar-refractivity contribution in [1.29, 1.82) is 0 Å². The van der Waals surface area contributed by atoms with Crippen LogP contribution in [-0.4, -0.2) is 10.7 Å². The van der Waals surface area contributed by atoms with Crippen molar-refractivity contribution in [3.8, 4) is 11.5 Å². The molecule has 180 valence electrons. The van der Waals surface area contributed by atoms with Gasteiger partial charge in [-0.05, 0) is 102 Å². The van der Waals surface area contributed by atoms with E-state index in [4.69, 9.17) is 4.74 Å². The van der Waals surface area contributed by atoms with Crippen LogP contribution < -0.4 is 4.74 Å². The van der Waals surface area contributed by atoms with Crippen molar-refractivity contribution in [2.24, 2.45) is 0 Å². The Morgan fingerprint density at radius 1 is 0.647 bits per heavy atom. The summed E-state index contributed by atoms with van der Waals surface area (Å²) in [6.45, 7) is 15.2. The maximum absolute atomic E-state index is 9.35. The van der Waals surface area contributed by atoms with Gasteiger partial charge in [-0.1, -0.05) is 76.2 Å². The van der Waals surface area contributed by atoms with E-state index in [-0.39, 0.29) is 5.60 Å². The Kier molecular flexibility index (Phi) is 8.25. The Bertz CT molecular complexity index is 1230. The second-order valence-electron chi connectivity index (χ2n) is 10.4. The van der Waals surface area contributed by atoms with Gasteiger partial charge < -0.3 is 9.84 Å². The van der Waals surface area contributed by atoms with Gasteiger partial charge in [0.05, 0.1) is 0 Å². The van der Waals surface area contributed by atoms with Crippen molar-refractivity contribution < 1.29 is 9.84 Å². The minimum absolute atomic E-state index is 0.148. The predicted octanol–water partition coefficient (Wildman–Crippen LogP) is 9.59. The lowest BCUT2D eigenvalue weighted by Gasteiger charge is -2.21. The number of hydrogen-bond donors (Lipinski definition) is 1. The summed E-state index contributed by atoms with van der Waals surface area (Å²) in [6, 6.07) is 25.0. The third kappa shape index (κ3) is 6.76. The number of benzene rings is 4. The summed E-state index contributed by atoms with van der Waals surface area (Å²) in [5.74, 6) is 2.49. The first kappa shape index (κ1) is 25.6. The molecule has 0 heterocycles. The van der Waals surface area contributed by atoms with Gasteiger partial charge in [0, 0.05) is 0 Å². The fourth-order valence-corrected chi connectivity index (χ4v) is 4.00. The molecule has 0 aromatic heterocycles. The second kappa shape index (κ2) is 11.0. The van der Waals surface area contributed by atoms with E-state index in [1.54, 1.807) is 12.1 Å². The lowest BCUT2D eigenvalue weighted by atomic mass is 9.96. The third-order valence-corrected chi connectivity index (χ3v) is 6.47. The van der Waals surface area contributed by atoms with Gasteiger partial charge >= 0.3 is 0 Å². The molecule has 34 heavy (non-hydrogen) atoms. The van der Waals surface area contributed by atoms with E-state index in [9.17, 15) is 5.11 Å². The van der Waals surface area contributed by atoms with Crippen molar-refractivity contribution in [3.63, 3.8) is 0 Å². The number of fused-ring (bicyclic) bond motifs is 2. The molecular weight excluding hydrogens is 416 g/mol. The second-order valence-corrected chi connectivity index (χ2v) is 10.4. The third-order valence-electron chi connectivity index (χ3n) is 6.47. The molecule has 4 aromatic carbocycles. The number of aromatic hydroxyl groups is 1. The monoisotopic (exact) mass is 456 g/mol. The molecule has 0 aliphatic rings. The molecule has 0 saturated heterocycles. The summed E-state index contributed by atoms with van der Waals surface area (Å²) in [5, 5.41) is 14.2. The molecule has 1 N–H and O–H groups in total. The molecule has 0 aliphatic carbocycles. The average Bonchev–Trinajstić information content (AvgIpc) is 2.81. The Morgan fingerprint density at radius 2 is 1.09 bits per heavy atom. The first-order valence-corrected chi connectivity index (χ1v) is 12.5. The highest BCUT2D eigenvalue weighted by atomic mass is 16.5. The van der Waals surface area contributed by atoms with Crippen molar-refractivity contribution in [2.45, 2.75) is 78.7 Å². The molecule has 0 fully saturated rings. The molecule has 0 amide bonds. The zero-order valence-corrected chi connectivity index (χ0v) is 21.9. The van der Waals surface area contributed by atoms with E-state index < -0.39 is 0 Å². The molecule has 0 radical (unpaired) electrons. The summed E-state index contributed by atoms with van der Waals surface area (Å²) in [5.41, 5.74) is 2.64. The van der Waals surface area contributed by atoms with E-state index in [2.05, 4.69) is 103 Å². The van der Waals surface area contributed by atoms with E-state index in [0.717, 1.165) is 17.6 Å². The fraction of sp³-hybridized carbons (Fsp3) is 0.375. The molecule has 2 unspecified atom stereocenters. The molecule has 2 atom stereocenters. The maximum Gasteiger partial charge on any atom is 0.120 e. The van der Waals surface area contributed by atoms with Crippen LogP contribution in [0, 0.1) is 0 Å². The molecule has 2 heteroatoms. The molecule has 0 saturated carbocycles. The van der Waals surface area contributed by atoms with Gasteiger partial charge in [-0.25, -0.2) is 0 Å². The van der Waals surface area contributed by atoms with Gasteiger partial charge in [-0.15, -0.1) is 0 Å². The van der Waals surface area contributed by atoms with Crippen molar-refractivity contribution in [1.82, 2.24) is 0 Å². The van der Waals surface area contributed by atoms with E-state index in [1.165, 1.54) is 33.7 Å². The number of phenols is 1. The molecule has 0 bridgehead atoms. The van der Waals surface area contributed by atoms with Crippen LogP contribution in [0.25, 0.3) is 21.5 Å². The highest BCUT2D eigenvalue weighted by Crippen LogP contribution is 2.28. The minimum atomic E-state index is -0.148. The van der Waals surface area contributed by atoms with E-state index in [0.29, 0.717) is 17.6 Å². The standard InChI is InChI=1S/C18H24O.C14H16O/c1-6-13(2)14-7-8-16-12-17(19-18(3,4)5)10-9-15(16)11-14;1-3-10(2)11-4-5-13-9-14(15)7-6-12(13)8-11/h7-13H,6H2,1-5H3;4-10,15H,3H2,1-2H3. The number of ether oxygens (including phenoxy) is 1. The van der Waals surface area contributed by atoms with Gasteiger partial charge in [0.15, 0.2) is 0 Å². The van der Waals surface area contributed by atoms with Crippen LogP contribution >= 0.6 is 0 Å².